The van der Waals surface area contributed by atoms with Gasteiger partial charge in [-0.05, 0) is 61.4 Å². The standard InChI is InChI=1S/C27H25N3O5/c1-15-12-16(2)26(35-4)20(13-15)24(32)22-23(21-10-5-6-11-28-21)30(27(34)25(22)33)19-9-7-8-18(14-19)29-17(3)31/h5-14,23,32H,1-4H3,(H,29,31)/b24-22+. The molecular weight excluding hydrogens is 446 g/mol. The highest BCUT2D eigenvalue weighted by molar-refractivity contribution is 6.51. The van der Waals surface area contributed by atoms with Crippen molar-refractivity contribution in [3.63, 3.8) is 0 Å². The van der Waals surface area contributed by atoms with Gasteiger partial charge in [-0.25, -0.2) is 0 Å². The van der Waals surface area contributed by atoms with E-state index >= 15 is 0 Å². The number of Topliss-reactive ketones (excluding diaryl/α,β-unsaturated/α-hetero) is 1. The maximum Gasteiger partial charge on any atom is 0.300 e. The molecule has 2 N–H and O–H groups in total. The average Bonchev–Trinajstić information content (AvgIpc) is 3.09. The Morgan fingerprint density at radius 1 is 1.09 bits per heavy atom. The zero-order valence-corrected chi connectivity index (χ0v) is 19.8. The van der Waals surface area contributed by atoms with Gasteiger partial charge in [0.25, 0.3) is 11.7 Å². The summed E-state index contributed by atoms with van der Waals surface area (Å²) >= 11 is 0. The number of ether oxygens (including phenoxy) is 1. The summed E-state index contributed by atoms with van der Waals surface area (Å²) in [6.07, 6.45) is 1.56. The van der Waals surface area contributed by atoms with Crippen molar-refractivity contribution >= 4 is 34.7 Å². The number of aryl methyl sites for hydroxylation is 2. The number of nitrogens with zero attached hydrogens (tertiary/aromatic N) is 2. The summed E-state index contributed by atoms with van der Waals surface area (Å²) in [5, 5.41) is 14.1. The minimum atomic E-state index is -0.991. The smallest absolute Gasteiger partial charge is 0.300 e. The Morgan fingerprint density at radius 3 is 2.51 bits per heavy atom. The number of rotatable bonds is 5. The van der Waals surface area contributed by atoms with Crippen molar-refractivity contribution in [1.29, 1.82) is 0 Å². The first-order chi connectivity index (χ1) is 16.7. The number of aliphatic hydroxyl groups excluding tert-OH is 1. The van der Waals surface area contributed by atoms with E-state index in [9.17, 15) is 19.5 Å². The number of carbonyl (C=O) groups excluding carboxylic acids is 3. The number of ketones is 1. The van der Waals surface area contributed by atoms with Gasteiger partial charge in [0, 0.05) is 24.5 Å². The summed E-state index contributed by atoms with van der Waals surface area (Å²) in [6, 6.07) is 14.4. The van der Waals surface area contributed by atoms with E-state index in [2.05, 4.69) is 10.3 Å². The van der Waals surface area contributed by atoms with Crippen LogP contribution in [0.1, 0.15) is 35.3 Å². The van der Waals surface area contributed by atoms with E-state index in [0.717, 1.165) is 11.1 Å². The molecule has 1 aliphatic rings. The predicted octanol–water partition coefficient (Wildman–Crippen LogP) is 4.29. The van der Waals surface area contributed by atoms with Crippen molar-refractivity contribution in [2.45, 2.75) is 26.8 Å². The van der Waals surface area contributed by atoms with Crippen LogP contribution in [0, 0.1) is 13.8 Å². The van der Waals surface area contributed by atoms with Gasteiger partial charge in [-0.2, -0.15) is 0 Å². The number of amides is 2. The van der Waals surface area contributed by atoms with E-state index in [1.165, 1.54) is 18.9 Å². The summed E-state index contributed by atoms with van der Waals surface area (Å²) in [5.41, 5.74) is 3.10. The van der Waals surface area contributed by atoms with E-state index in [1.54, 1.807) is 54.7 Å². The van der Waals surface area contributed by atoms with Gasteiger partial charge in [0.1, 0.15) is 17.6 Å². The van der Waals surface area contributed by atoms with Gasteiger partial charge < -0.3 is 15.2 Å². The fraction of sp³-hybridized carbons (Fsp3) is 0.185. The predicted molar refractivity (Wildman–Crippen MR) is 132 cm³/mol. The molecule has 0 radical (unpaired) electrons. The molecular formula is C27H25N3O5. The van der Waals surface area contributed by atoms with Crippen LogP contribution in [0.5, 0.6) is 5.75 Å². The fourth-order valence-corrected chi connectivity index (χ4v) is 4.40. The van der Waals surface area contributed by atoms with E-state index in [1.807, 2.05) is 19.9 Å². The summed E-state index contributed by atoms with van der Waals surface area (Å²) in [4.78, 5) is 43.9. The summed E-state index contributed by atoms with van der Waals surface area (Å²) in [6.45, 7) is 5.08. The Kier molecular flexibility index (Phi) is 6.38. The molecule has 1 aromatic heterocycles. The van der Waals surface area contributed by atoms with Crippen molar-refractivity contribution in [3.8, 4) is 5.75 Å². The zero-order valence-electron chi connectivity index (χ0n) is 19.8. The highest BCUT2D eigenvalue weighted by Gasteiger charge is 2.48. The van der Waals surface area contributed by atoms with E-state index in [-0.39, 0.29) is 17.2 Å². The molecule has 8 heteroatoms. The van der Waals surface area contributed by atoms with Crippen LogP contribution in [0.4, 0.5) is 11.4 Å². The number of pyridine rings is 1. The van der Waals surface area contributed by atoms with Crippen molar-refractivity contribution in [2.75, 3.05) is 17.3 Å². The second-order valence-electron chi connectivity index (χ2n) is 8.32. The van der Waals surface area contributed by atoms with Crippen LogP contribution in [0.3, 0.4) is 0 Å². The van der Waals surface area contributed by atoms with Gasteiger partial charge in [-0.1, -0.05) is 18.2 Å². The van der Waals surface area contributed by atoms with Crippen LogP contribution in [0.25, 0.3) is 5.76 Å². The molecule has 178 valence electrons. The maximum atomic E-state index is 13.4. The van der Waals surface area contributed by atoms with Crippen LogP contribution in [0.15, 0.2) is 66.4 Å². The molecule has 2 heterocycles. The zero-order chi connectivity index (χ0) is 25.3. The third-order valence-corrected chi connectivity index (χ3v) is 5.74. The Morgan fingerprint density at radius 2 is 1.86 bits per heavy atom. The fourth-order valence-electron chi connectivity index (χ4n) is 4.40. The van der Waals surface area contributed by atoms with Gasteiger partial charge in [-0.3, -0.25) is 24.3 Å². The Hall–Kier alpha value is -4.46. The topological polar surface area (TPSA) is 109 Å². The lowest BCUT2D eigenvalue weighted by Crippen LogP contribution is -2.30. The number of aromatic nitrogens is 1. The van der Waals surface area contributed by atoms with Crippen LogP contribution in [-0.4, -0.2) is 34.8 Å². The van der Waals surface area contributed by atoms with Crippen LogP contribution in [0.2, 0.25) is 0 Å². The van der Waals surface area contributed by atoms with E-state index in [4.69, 9.17) is 4.74 Å². The van der Waals surface area contributed by atoms with Crippen LogP contribution < -0.4 is 15.0 Å². The number of methoxy groups -OCH3 is 1. The van der Waals surface area contributed by atoms with Gasteiger partial charge in [0.05, 0.1) is 23.9 Å². The lowest BCUT2D eigenvalue weighted by Gasteiger charge is -2.25. The van der Waals surface area contributed by atoms with Crippen LogP contribution in [-0.2, 0) is 14.4 Å². The summed E-state index contributed by atoms with van der Waals surface area (Å²) in [7, 11) is 1.48. The highest BCUT2D eigenvalue weighted by Crippen LogP contribution is 2.43. The normalized spacial score (nSPS) is 16.9. The summed E-state index contributed by atoms with van der Waals surface area (Å²) < 4.78 is 5.52. The molecule has 2 aromatic carbocycles. The van der Waals surface area contributed by atoms with Crippen molar-refractivity contribution in [1.82, 2.24) is 4.98 Å². The molecule has 1 unspecified atom stereocenters. The van der Waals surface area contributed by atoms with Gasteiger partial charge in [0.2, 0.25) is 5.91 Å². The number of aliphatic hydroxyl groups is 1. The quantitative estimate of drug-likeness (QED) is 0.326. The molecule has 0 spiro atoms. The monoisotopic (exact) mass is 471 g/mol. The molecule has 3 aromatic rings. The second-order valence-corrected chi connectivity index (χ2v) is 8.32. The molecule has 1 aliphatic heterocycles. The van der Waals surface area contributed by atoms with Gasteiger partial charge >= 0.3 is 0 Å². The molecule has 0 saturated carbocycles. The number of carbonyl (C=O) groups is 3. The first-order valence-electron chi connectivity index (χ1n) is 11.0. The Balaban J connectivity index is 1.97. The first kappa shape index (κ1) is 23.7. The molecule has 4 rings (SSSR count). The van der Waals surface area contributed by atoms with Crippen molar-refractivity contribution < 1.29 is 24.2 Å². The minimum absolute atomic E-state index is 0.0954. The lowest BCUT2D eigenvalue weighted by atomic mass is 9.95. The lowest BCUT2D eigenvalue weighted by molar-refractivity contribution is -0.132. The third kappa shape index (κ3) is 4.38. The van der Waals surface area contributed by atoms with Crippen LogP contribution >= 0.6 is 0 Å². The molecule has 8 nitrogen and oxygen atoms in total. The largest absolute Gasteiger partial charge is 0.507 e. The van der Waals surface area contributed by atoms with Crippen molar-refractivity contribution in [3.05, 3.63) is 88.8 Å². The number of benzene rings is 2. The molecule has 0 bridgehead atoms. The number of hydrogen-bond donors (Lipinski definition) is 2. The molecule has 35 heavy (non-hydrogen) atoms. The molecule has 1 atom stereocenters. The first-order valence-corrected chi connectivity index (χ1v) is 11.0. The highest BCUT2D eigenvalue weighted by atomic mass is 16.5. The molecule has 1 fully saturated rings. The third-order valence-electron chi connectivity index (χ3n) is 5.74. The SMILES string of the molecule is COc1c(C)cc(C)cc1/C(O)=C1\C(=O)C(=O)N(c2cccc(NC(C)=O)c2)C1c1ccccn1. The van der Waals surface area contributed by atoms with Gasteiger partial charge in [0.15, 0.2) is 0 Å². The van der Waals surface area contributed by atoms with E-state index in [0.29, 0.717) is 28.4 Å². The number of anilines is 2. The molecule has 1 saturated heterocycles. The van der Waals surface area contributed by atoms with Crippen molar-refractivity contribution in [2.24, 2.45) is 0 Å². The average molecular weight is 472 g/mol. The Labute approximate surface area is 202 Å². The minimum Gasteiger partial charge on any atom is -0.507 e. The van der Waals surface area contributed by atoms with E-state index < -0.39 is 17.7 Å². The second kappa shape index (κ2) is 9.42. The maximum absolute atomic E-state index is 13.4. The summed E-state index contributed by atoms with van der Waals surface area (Å²) in [5.74, 6) is -1.86. The van der Waals surface area contributed by atoms with Gasteiger partial charge in [-0.15, -0.1) is 0 Å². The molecule has 0 aliphatic carbocycles. The number of nitrogens with one attached hydrogen (secondary N) is 1. The Bertz CT molecular complexity index is 1360. The molecule has 2 amide bonds. The number of hydrogen-bond acceptors (Lipinski definition) is 6.